The highest BCUT2D eigenvalue weighted by atomic mass is 32.1. The van der Waals surface area contributed by atoms with Crippen LogP contribution >= 0.6 is 11.3 Å². The third kappa shape index (κ3) is 5.56. The van der Waals surface area contributed by atoms with E-state index in [1.807, 2.05) is 11.3 Å². The summed E-state index contributed by atoms with van der Waals surface area (Å²) in [5.74, 6) is 0. The van der Waals surface area contributed by atoms with E-state index in [1.54, 1.807) is 0 Å². The number of fused-ring (bicyclic) bond motifs is 5. The molecule has 8 aromatic rings. The summed E-state index contributed by atoms with van der Waals surface area (Å²) in [6.07, 6.45) is 0. The van der Waals surface area contributed by atoms with E-state index in [4.69, 9.17) is 9.31 Å². The van der Waals surface area contributed by atoms with E-state index < -0.39 is 18.3 Å². The lowest BCUT2D eigenvalue weighted by molar-refractivity contribution is 0.00578. The molecular weight excluding hydrogens is 679 g/mol. The van der Waals surface area contributed by atoms with Crippen molar-refractivity contribution in [2.45, 2.75) is 38.9 Å². The van der Waals surface area contributed by atoms with Crippen molar-refractivity contribution in [2.24, 2.45) is 0 Å². The molecular formula is C44H42B8O2S. The van der Waals surface area contributed by atoms with Crippen LogP contribution in [0.1, 0.15) is 27.7 Å². The molecule has 0 bridgehead atoms. The number of rotatable bonds is 4. The van der Waals surface area contributed by atoms with Crippen molar-refractivity contribution in [1.29, 1.82) is 0 Å². The van der Waals surface area contributed by atoms with Crippen LogP contribution < -0.4 is 43.7 Å². The van der Waals surface area contributed by atoms with E-state index in [1.165, 1.54) is 113 Å². The molecule has 0 N–H and O–H groups in total. The first-order valence-corrected chi connectivity index (χ1v) is 20.4. The molecule has 1 aromatic heterocycles. The largest absolute Gasteiger partial charge is 0.494 e. The van der Waals surface area contributed by atoms with Gasteiger partial charge in [0.25, 0.3) is 0 Å². The lowest BCUT2D eigenvalue weighted by Gasteiger charge is -2.32. The third-order valence-corrected chi connectivity index (χ3v) is 14.9. The Hall–Kier alpha value is -4.28. The number of hydrogen-bond acceptors (Lipinski definition) is 3. The normalized spacial score (nSPS) is 15.2. The Morgan fingerprint density at radius 3 is 1.71 bits per heavy atom. The summed E-state index contributed by atoms with van der Waals surface area (Å²) >= 11 is 1.97. The van der Waals surface area contributed by atoms with Gasteiger partial charge in [0.15, 0.2) is 0 Å². The molecule has 0 spiro atoms. The maximum absolute atomic E-state index is 6.62. The van der Waals surface area contributed by atoms with Gasteiger partial charge in [-0.05, 0) is 111 Å². The number of hydrogen-bond donors (Lipinski definition) is 0. The Morgan fingerprint density at radius 2 is 1.04 bits per heavy atom. The SMILES string of the molecule is Bc1c(B)c(B)c2c(sc3c(B)c(-c4ccc(B5OC(C)(C)C(C)(C)O5)cc4-c4ccc5cc(-c6cccc7ccccc67)ccc5c4)c(B)c(B)c32)c1B. The van der Waals surface area contributed by atoms with E-state index >= 15 is 0 Å². The molecule has 1 saturated heterocycles. The van der Waals surface area contributed by atoms with Crippen molar-refractivity contribution in [3.63, 3.8) is 0 Å². The van der Waals surface area contributed by atoms with E-state index in [9.17, 15) is 0 Å². The maximum atomic E-state index is 6.62. The van der Waals surface area contributed by atoms with Gasteiger partial charge in [-0.3, -0.25) is 0 Å². The lowest BCUT2D eigenvalue weighted by Crippen LogP contribution is -2.47. The molecule has 260 valence electrons. The Bertz CT molecular complexity index is 2910. The molecule has 2 heterocycles. The van der Waals surface area contributed by atoms with Gasteiger partial charge in [-0.15, -0.1) is 22.3 Å². The van der Waals surface area contributed by atoms with Crippen LogP contribution in [0.5, 0.6) is 0 Å². The Balaban J connectivity index is 1.25. The highest BCUT2D eigenvalue weighted by Crippen LogP contribution is 2.39. The highest BCUT2D eigenvalue weighted by Gasteiger charge is 2.51. The van der Waals surface area contributed by atoms with Crippen LogP contribution in [0.4, 0.5) is 0 Å². The molecule has 7 aromatic carbocycles. The first kappa shape index (κ1) is 36.4. The average molecular weight is 721 g/mol. The first-order chi connectivity index (χ1) is 26.2. The van der Waals surface area contributed by atoms with E-state index in [-0.39, 0.29) is 0 Å². The molecule has 1 aliphatic heterocycles. The van der Waals surface area contributed by atoms with Gasteiger partial charge in [0.05, 0.1) is 11.2 Å². The molecule has 0 aliphatic carbocycles. The fourth-order valence-electron chi connectivity index (χ4n) is 8.97. The Labute approximate surface area is 335 Å². The lowest BCUT2D eigenvalue weighted by atomic mass is 9.64. The maximum Gasteiger partial charge on any atom is 0.494 e. The van der Waals surface area contributed by atoms with Crippen LogP contribution in [0, 0.1) is 0 Å². The molecule has 1 aliphatic rings. The zero-order chi connectivity index (χ0) is 38.7. The second kappa shape index (κ2) is 12.9. The smallest absolute Gasteiger partial charge is 0.399 e. The molecule has 1 fully saturated rings. The molecule has 9 rings (SSSR count). The minimum Gasteiger partial charge on any atom is -0.399 e. The number of thiophene rings is 1. The van der Waals surface area contributed by atoms with Gasteiger partial charge in [-0.2, -0.15) is 0 Å². The van der Waals surface area contributed by atoms with Gasteiger partial charge in [-0.1, -0.05) is 112 Å². The van der Waals surface area contributed by atoms with Gasteiger partial charge < -0.3 is 9.31 Å². The average Bonchev–Trinajstić information content (AvgIpc) is 3.69. The highest BCUT2D eigenvalue weighted by molar-refractivity contribution is 7.28. The van der Waals surface area contributed by atoms with Gasteiger partial charge in [-0.25, -0.2) is 0 Å². The van der Waals surface area contributed by atoms with Crippen molar-refractivity contribution >= 4 is 159 Å². The molecule has 11 heteroatoms. The van der Waals surface area contributed by atoms with Gasteiger partial charge >= 0.3 is 7.12 Å². The van der Waals surface area contributed by atoms with E-state index in [0.29, 0.717) is 0 Å². The van der Waals surface area contributed by atoms with Crippen molar-refractivity contribution in [3.8, 4) is 33.4 Å². The fraction of sp³-hybridized carbons (Fsp3) is 0.136. The summed E-state index contributed by atoms with van der Waals surface area (Å²) in [6, 6.07) is 36.0. The molecule has 0 radical (unpaired) electrons. The van der Waals surface area contributed by atoms with Crippen molar-refractivity contribution in [1.82, 2.24) is 0 Å². The number of benzene rings is 7. The minimum atomic E-state index is -0.451. The summed E-state index contributed by atoms with van der Waals surface area (Å²) < 4.78 is 16.1. The molecule has 0 saturated carbocycles. The van der Waals surface area contributed by atoms with E-state index in [0.717, 1.165) is 5.46 Å². The van der Waals surface area contributed by atoms with Crippen molar-refractivity contribution < 1.29 is 9.31 Å². The van der Waals surface area contributed by atoms with Crippen LogP contribution in [-0.2, 0) is 9.31 Å². The predicted octanol–water partition coefficient (Wildman–Crippen LogP) is -0.530. The summed E-state index contributed by atoms with van der Waals surface area (Å²) in [7, 11) is 15.7. The first-order valence-electron chi connectivity index (χ1n) is 19.6. The summed E-state index contributed by atoms with van der Waals surface area (Å²) in [6.45, 7) is 8.50. The molecule has 2 nitrogen and oxygen atoms in total. The topological polar surface area (TPSA) is 18.5 Å². The molecule has 0 unspecified atom stereocenters. The molecule has 0 atom stereocenters. The quantitative estimate of drug-likeness (QED) is 0.228. The zero-order valence-electron chi connectivity index (χ0n) is 34.0. The minimum absolute atomic E-state index is 0.426. The van der Waals surface area contributed by atoms with Crippen molar-refractivity contribution in [2.75, 3.05) is 0 Å². The van der Waals surface area contributed by atoms with Crippen LogP contribution in [-0.4, -0.2) is 73.2 Å². The Morgan fingerprint density at radius 1 is 0.473 bits per heavy atom. The standard InChI is InChI=1S/C44H42B8O2S/c1-43(2)44(3,4)54-52(53-43)26-16-17-29(31-34(45)35(46)32-33-36(47)38(49)39(50)40(51)42(33)55-41(32)37(31)48)30(20-26)25-15-13-22-18-24(14-12-23(22)19-25)28-11-7-9-21-8-5-6-10-27(21)28/h5-20H,45-51H2,1-4H3. The van der Waals surface area contributed by atoms with Crippen LogP contribution in [0.3, 0.4) is 0 Å². The van der Waals surface area contributed by atoms with Crippen molar-refractivity contribution in [3.05, 3.63) is 97.1 Å². The van der Waals surface area contributed by atoms with Crippen LogP contribution in [0.25, 0.3) is 75.1 Å². The summed E-state index contributed by atoms with van der Waals surface area (Å²) in [5.41, 5.74) is 17.3. The monoisotopic (exact) mass is 722 g/mol. The van der Waals surface area contributed by atoms with Crippen LogP contribution in [0.2, 0.25) is 0 Å². The molecule has 0 amide bonds. The second-order valence-corrected chi connectivity index (χ2v) is 18.0. The van der Waals surface area contributed by atoms with E-state index in [2.05, 4.69) is 180 Å². The van der Waals surface area contributed by atoms with Gasteiger partial charge in [0.2, 0.25) is 0 Å². The van der Waals surface area contributed by atoms with Gasteiger partial charge in [0.1, 0.15) is 54.9 Å². The fourth-order valence-corrected chi connectivity index (χ4v) is 10.5. The van der Waals surface area contributed by atoms with Crippen LogP contribution in [0.15, 0.2) is 97.1 Å². The third-order valence-electron chi connectivity index (χ3n) is 13.4. The second-order valence-electron chi connectivity index (χ2n) is 17.0. The zero-order valence-corrected chi connectivity index (χ0v) is 34.9. The summed E-state index contributed by atoms with van der Waals surface area (Å²) in [5, 5.41) is 7.83. The molecule has 55 heavy (non-hydrogen) atoms. The Kier molecular flexibility index (Phi) is 8.52. The van der Waals surface area contributed by atoms with Gasteiger partial charge in [0, 0.05) is 9.40 Å². The predicted molar refractivity (Wildman–Crippen MR) is 264 cm³/mol. The summed E-state index contributed by atoms with van der Waals surface area (Å²) in [4.78, 5) is 0.